The lowest BCUT2D eigenvalue weighted by molar-refractivity contribution is 0.0451. The van der Waals surface area contributed by atoms with Crippen LogP contribution in [-0.2, 0) is 0 Å². The van der Waals surface area contributed by atoms with Crippen LogP contribution in [0, 0.1) is 5.92 Å². The molecule has 4 heteroatoms. The summed E-state index contributed by atoms with van der Waals surface area (Å²) in [5.41, 5.74) is 1.67. The summed E-state index contributed by atoms with van der Waals surface area (Å²) in [5.74, 6) is 0.228. The molecular formula is C17H22N2O2. The van der Waals surface area contributed by atoms with E-state index in [2.05, 4.69) is 4.98 Å². The highest BCUT2D eigenvalue weighted by molar-refractivity contribution is 5.97. The van der Waals surface area contributed by atoms with E-state index >= 15 is 0 Å². The van der Waals surface area contributed by atoms with Crippen molar-refractivity contribution in [1.29, 1.82) is 0 Å². The molecule has 2 N–H and O–H groups in total. The van der Waals surface area contributed by atoms with Crippen molar-refractivity contribution in [2.75, 3.05) is 13.6 Å². The Morgan fingerprint density at radius 1 is 1.33 bits per heavy atom. The van der Waals surface area contributed by atoms with Crippen molar-refractivity contribution < 1.29 is 9.90 Å². The molecule has 0 radical (unpaired) electrons. The molecule has 1 aliphatic rings. The summed E-state index contributed by atoms with van der Waals surface area (Å²) in [4.78, 5) is 17.4. The molecule has 2 aromatic rings. The van der Waals surface area contributed by atoms with Gasteiger partial charge in [0.05, 0.1) is 6.10 Å². The minimum Gasteiger partial charge on any atom is -0.393 e. The summed E-state index contributed by atoms with van der Waals surface area (Å²) in [7, 11) is 1.82. The molecule has 1 aromatic carbocycles. The molecule has 2 atom stereocenters. The topological polar surface area (TPSA) is 56.3 Å². The molecule has 2 unspecified atom stereocenters. The van der Waals surface area contributed by atoms with Crippen molar-refractivity contribution in [3.8, 4) is 0 Å². The van der Waals surface area contributed by atoms with E-state index in [1.165, 1.54) is 0 Å². The molecule has 0 saturated heterocycles. The Kier molecular flexibility index (Phi) is 3.97. The van der Waals surface area contributed by atoms with Gasteiger partial charge in [0.15, 0.2) is 0 Å². The van der Waals surface area contributed by atoms with Crippen molar-refractivity contribution in [3.63, 3.8) is 0 Å². The van der Waals surface area contributed by atoms with Crippen molar-refractivity contribution in [2.45, 2.75) is 31.8 Å². The van der Waals surface area contributed by atoms with Gasteiger partial charge in [-0.1, -0.05) is 18.9 Å². The second-order valence-corrected chi connectivity index (χ2v) is 6.08. The van der Waals surface area contributed by atoms with E-state index < -0.39 is 0 Å². The second-order valence-electron chi connectivity index (χ2n) is 6.08. The lowest BCUT2D eigenvalue weighted by Gasteiger charge is -2.31. The average molecular weight is 286 g/mol. The molecule has 4 nitrogen and oxygen atoms in total. The van der Waals surface area contributed by atoms with Gasteiger partial charge in [-0.2, -0.15) is 0 Å². The van der Waals surface area contributed by atoms with Crippen LogP contribution in [0.25, 0.3) is 10.9 Å². The van der Waals surface area contributed by atoms with E-state index in [1.54, 1.807) is 4.90 Å². The van der Waals surface area contributed by atoms with E-state index in [-0.39, 0.29) is 17.9 Å². The van der Waals surface area contributed by atoms with Gasteiger partial charge in [0.1, 0.15) is 0 Å². The number of aromatic nitrogens is 1. The summed E-state index contributed by atoms with van der Waals surface area (Å²) in [6, 6.07) is 7.71. The number of nitrogens with zero attached hydrogens (tertiary/aromatic N) is 1. The SMILES string of the molecule is CN(CC1CCCCC1O)C(=O)c1ccc2cc[nH]c2c1. The molecule has 1 fully saturated rings. The van der Waals surface area contributed by atoms with Crippen LogP contribution in [0.2, 0.25) is 0 Å². The van der Waals surface area contributed by atoms with Gasteiger partial charge < -0.3 is 15.0 Å². The molecule has 0 spiro atoms. The maximum atomic E-state index is 12.5. The fourth-order valence-corrected chi connectivity index (χ4v) is 3.24. The molecule has 1 saturated carbocycles. The summed E-state index contributed by atoms with van der Waals surface area (Å²) in [6.45, 7) is 0.628. The molecule has 21 heavy (non-hydrogen) atoms. The van der Waals surface area contributed by atoms with Crippen molar-refractivity contribution >= 4 is 16.8 Å². The molecule has 0 bridgehead atoms. The lowest BCUT2D eigenvalue weighted by Crippen LogP contribution is -2.38. The minimum atomic E-state index is -0.264. The number of nitrogens with one attached hydrogen (secondary N) is 1. The zero-order chi connectivity index (χ0) is 14.8. The van der Waals surface area contributed by atoms with Crippen molar-refractivity contribution in [3.05, 3.63) is 36.0 Å². The number of hydrogen-bond donors (Lipinski definition) is 2. The van der Waals surface area contributed by atoms with Crippen LogP contribution in [0.3, 0.4) is 0 Å². The number of amides is 1. The first-order chi connectivity index (χ1) is 10.1. The molecule has 1 aromatic heterocycles. The van der Waals surface area contributed by atoms with Crippen molar-refractivity contribution in [1.82, 2.24) is 9.88 Å². The van der Waals surface area contributed by atoms with Crippen LogP contribution < -0.4 is 0 Å². The zero-order valence-corrected chi connectivity index (χ0v) is 12.4. The van der Waals surface area contributed by atoms with Gasteiger partial charge >= 0.3 is 0 Å². The number of aliphatic hydroxyl groups is 1. The maximum Gasteiger partial charge on any atom is 0.253 e. The van der Waals surface area contributed by atoms with E-state index in [9.17, 15) is 9.90 Å². The summed E-state index contributed by atoms with van der Waals surface area (Å²) in [6.07, 6.45) is 5.73. The van der Waals surface area contributed by atoms with Gasteiger partial charge in [0, 0.05) is 36.8 Å². The van der Waals surface area contributed by atoms with E-state index in [0.717, 1.165) is 36.6 Å². The second kappa shape index (κ2) is 5.90. The monoisotopic (exact) mass is 286 g/mol. The third-order valence-electron chi connectivity index (χ3n) is 4.53. The van der Waals surface area contributed by atoms with Crippen molar-refractivity contribution in [2.24, 2.45) is 5.92 Å². The first-order valence-electron chi connectivity index (χ1n) is 7.66. The quantitative estimate of drug-likeness (QED) is 0.911. The Morgan fingerprint density at radius 2 is 2.14 bits per heavy atom. The van der Waals surface area contributed by atoms with Crippen LogP contribution in [0.15, 0.2) is 30.5 Å². The molecule has 1 amide bonds. The van der Waals surface area contributed by atoms with Gasteiger partial charge in [-0.3, -0.25) is 4.79 Å². The van der Waals surface area contributed by atoms with Crippen LogP contribution in [0.5, 0.6) is 0 Å². The lowest BCUT2D eigenvalue weighted by atomic mass is 9.86. The van der Waals surface area contributed by atoms with Gasteiger partial charge in [-0.25, -0.2) is 0 Å². The molecule has 1 heterocycles. The first-order valence-corrected chi connectivity index (χ1v) is 7.66. The highest BCUT2D eigenvalue weighted by Gasteiger charge is 2.26. The summed E-state index contributed by atoms with van der Waals surface area (Å²) in [5, 5.41) is 11.1. The number of carbonyl (C=O) groups is 1. The number of H-pyrrole nitrogens is 1. The number of aromatic amines is 1. The Hall–Kier alpha value is -1.81. The summed E-state index contributed by atoms with van der Waals surface area (Å²) >= 11 is 0. The average Bonchev–Trinajstić information content (AvgIpc) is 2.96. The Labute approximate surface area is 124 Å². The smallest absolute Gasteiger partial charge is 0.253 e. The molecule has 0 aliphatic heterocycles. The Morgan fingerprint density at radius 3 is 2.95 bits per heavy atom. The zero-order valence-electron chi connectivity index (χ0n) is 12.4. The number of benzene rings is 1. The fourth-order valence-electron chi connectivity index (χ4n) is 3.24. The maximum absolute atomic E-state index is 12.5. The predicted octanol–water partition coefficient (Wildman–Crippen LogP) is 2.79. The van der Waals surface area contributed by atoms with Gasteiger partial charge in [-0.05, 0) is 36.4 Å². The third kappa shape index (κ3) is 2.95. The van der Waals surface area contributed by atoms with Crippen LogP contribution in [-0.4, -0.2) is 40.6 Å². The number of carbonyl (C=O) groups excluding carboxylic acids is 1. The molecule has 1 aliphatic carbocycles. The van der Waals surface area contributed by atoms with Gasteiger partial charge in [0.2, 0.25) is 0 Å². The first kappa shape index (κ1) is 14.1. The molecule has 3 rings (SSSR count). The highest BCUT2D eigenvalue weighted by Crippen LogP contribution is 2.25. The number of fused-ring (bicyclic) bond motifs is 1. The van der Waals surface area contributed by atoms with E-state index in [4.69, 9.17) is 0 Å². The van der Waals surface area contributed by atoms with Crippen LogP contribution in [0.4, 0.5) is 0 Å². The largest absolute Gasteiger partial charge is 0.393 e. The Bertz CT molecular complexity index is 635. The minimum absolute atomic E-state index is 0.0178. The van der Waals surface area contributed by atoms with Crippen LogP contribution in [0.1, 0.15) is 36.0 Å². The number of aliphatic hydroxyl groups excluding tert-OH is 1. The fraction of sp³-hybridized carbons (Fsp3) is 0.471. The third-order valence-corrected chi connectivity index (χ3v) is 4.53. The van der Waals surface area contributed by atoms with Crippen LogP contribution >= 0.6 is 0 Å². The standard InChI is InChI=1S/C17H22N2O2/c1-19(11-14-4-2-3-5-16(14)20)17(21)13-7-6-12-8-9-18-15(12)10-13/h6-10,14,16,18,20H,2-5,11H2,1H3. The van der Waals surface area contributed by atoms with E-state index in [0.29, 0.717) is 12.1 Å². The predicted molar refractivity (Wildman–Crippen MR) is 83.2 cm³/mol. The summed E-state index contributed by atoms with van der Waals surface area (Å²) < 4.78 is 0. The Balaban J connectivity index is 1.71. The van der Waals surface area contributed by atoms with Gasteiger partial charge in [0.25, 0.3) is 5.91 Å². The number of rotatable bonds is 3. The van der Waals surface area contributed by atoms with Gasteiger partial charge in [-0.15, -0.1) is 0 Å². The number of hydrogen-bond acceptors (Lipinski definition) is 2. The normalized spacial score (nSPS) is 22.4. The molecule has 112 valence electrons. The highest BCUT2D eigenvalue weighted by atomic mass is 16.3. The molecular weight excluding hydrogens is 264 g/mol. The van der Waals surface area contributed by atoms with E-state index in [1.807, 2.05) is 37.5 Å².